The molecule has 0 aliphatic heterocycles. The maximum Gasteiger partial charge on any atom is 0.244 e. The third kappa shape index (κ3) is 5.75. The lowest BCUT2D eigenvalue weighted by Crippen LogP contribution is -2.48. The molecule has 164 valence electrons. The summed E-state index contributed by atoms with van der Waals surface area (Å²) in [7, 11) is -2.14. The standard InChI is InChI=1S/C23H32N2O4S/c1-16(18-8-10-19(11-9-18)23(3,4)5)24-22(26)17(2)25(30(7,27)28)20-12-14-21(29-6)15-13-20/h8-17H,1-7H3,(H,24,26). The molecule has 0 bridgehead atoms. The molecule has 0 spiro atoms. The molecule has 30 heavy (non-hydrogen) atoms. The molecule has 0 fully saturated rings. The number of ether oxygens (including phenoxy) is 1. The number of carbonyl (C=O) groups excluding carboxylic acids is 1. The lowest BCUT2D eigenvalue weighted by molar-refractivity contribution is -0.122. The molecule has 0 saturated carbocycles. The summed E-state index contributed by atoms with van der Waals surface area (Å²) >= 11 is 0. The monoisotopic (exact) mass is 432 g/mol. The summed E-state index contributed by atoms with van der Waals surface area (Å²) in [6.45, 7) is 9.90. The fourth-order valence-electron chi connectivity index (χ4n) is 3.23. The van der Waals surface area contributed by atoms with Crippen LogP contribution in [0.5, 0.6) is 5.75 Å². The SMILES string of the molecule is COc1ccc(N(C(C)C(=O)NC(C)c2ccc(C(C)(C)C)cc2)S(C)(=O)=O)cc1. The van der Waals surface area contributed by atoms with Crippen LogP contribution in [0.1, 0.15) is 51.8 Å². The average molecular weight is 433 g/mol. The first kappa shape index (κ1) is 23.7. The molecule has 1 N–H and O–H groups in total. The molecule has 0 aliphatic carbocycles. The molecule has 2 atom stereocenters. The van der Waals surface area contributed by atoms with E-state index in [0.29, 0.717) is 11.4 Å². The summed E-state index contributed by atoms with van der Waals surface area (Å²) in [5.74, 6) is 0.236. The van der Waals surface area contributed by atoms with Crippen molar-refractivity contribution in [2.24, 2.45) is 0 Å². The maximum atomic E-state index is 12.9. The molecule has 0 aromatic heterocycles. The van der Waals surface area contributed by atoms with Crippen LogP contribution < -0.4 is 14.4 Å². The third-order valence-corrected chi connectivity index (χ3v) is 6.29. The second kappa shape index (κ2) is 9.08. The molecule has 0 heterocycles. The van der Waals surface area contributed by atoms with Crippen LogP contribution in [0.15, 0.2) is 48.5 Å². The van der Waals surface area contributed by atoms with E-state index in [1.165, 1.54) is 12.7 Å². The van der Waals surface area contributed by atoms with Gasteiger partial charge in [-0.25, -0.2) is 8.42 Å². The van der Waals surface area contributed by atoms with Crippen molar-refractivity contribution in [1.29, 1.82) is 0 Å². The van der Waals surface area contributed by atoms with Crippen molar-refractivity contribution < 1.29 is 17.9 Å². The largest absolute Gasteiger partial charge is 0.497 e. The van der Waals surface area contributed by atoms with Gasteiger partial charge in [0.2, 0.25) is 15.9 Å². The molecule has 2 aromatic rings. The van der Waals surface area contributed by atoms with Gasteiger partial charge in [0.05, 0.1) is 25.1 Å². The summed E-state index contributed by atoms with van der Waals surface area (Å²) < 4.78 is 31.1. The molecule has 0 saturated heterocycles. The van der Waals surface area contributed by atoms with Crippen LogP contribution in [0.3, 0.4) is 0 Å². The Morgan fingerprint density at radius 2 is 1.53 bits per heavy atom. The molecular formula is C23H32N2O4S. The molecule has 0 radical (unpaired) electrons. The van der Waals surface area contributed by atoms with E-state index in [4.69, 9.17) is 4.74 Å². The third-order valence-electron chi connectivity index (χ3n) is 5.05. The number of anilines is 1. The molecule has 6 nitrogen and oxygen atoms in total. The van der Waals surface area contributed by atoms with Gasteiger partial charge in [-0.2, -0.15) is 0 Å². The van der Waals surface area contributed by atoms with Crippen molar-refractivity contribution in [2.75, 3.05) is 17.7 Å². The predicted molar refractivity (Wildman–Crippen MR) is 121 cm³/mol. The molecule has 0 aliphatic rings. The Labute approximate surface area is 180 Å². The van der Waals surface area contributed by atoms with Crippen LogP contribution in [-0.4, -0.2) is 33.7 Å². The van der Waals surface area contributed by atoms with Crippen molar-refractivity contribution in [3.05, 3.63) is 59.7 Å². The number of hydrogen-bond acceptors (Lipinski definition) is 4. The van der Waals surface area contributed by atoms with E-state index in [1.54, 1.807) is 31.2 Å². The quantitative estimate of drug-likeness (QED) is 0.717. The number of methoxy groups -OCH3 is 1. The van der Waals surface area contributed by atoms with Crippen LogP contribution >= 0.6 is 0 Å². The number of amides is 1. The predicted octanol–water partition coefficient (Wildman–Crippen LogP) is 4.02. The normalized spacial score (nSPS) is 14.0. The highest BCUT2D eigenvalue weighted by Gasteiger charge is 2.30. The first-order valence-electron chi connectivity index (χ1n) is 9.89. The van der Waals surface area contributed by atoms with Gasteiger partial charge in [0.1, 0.15) is 11.8 Å². The Hall–Kier alpha value is -2.54. The summed E-state index contributed by atoms with van der Waals surface area (Å²) in [6.07, 6.45) is 1.09. The Balaban J connectivity index is 2.20. The lowest BCUT2D eigenvalue weighted by atomic mass is 9.86. The van der Waals surface area contributed by atoms with Crippen molar-refractivity contribution >= 4 is 21.6 Å². The van der Waals surface area contributed by atoms with Gasteiger partial charge in [-0.05, 0) is 54.7 Å². The van der Waals surface area contributed by atoms with Gasteiger partial charge in [-0.15, -0.1) is 0 Å². The van der Waals surface area contributed by atoms with Gasteiger partial charge in [-0.3, -0.25) is 9.10 Å². The zero-order chi connectivity index (χ0) is 22.7. The van der Waals surface area contributed by atoms with Crippen molar-refractivity contribution in [3.8, 4) is 5.75 Å². The summed E-state index contributed by atoms with van der Waals surface area (Å²) in [4.78, 5) is 12.9. The van der Waals surface area contributed by atoms with Gasteiger partial charge >= 0.3 is 0 Å². The van der Waals surface area contributed by atoms with Gasteiger partial charge in [-0.1, -0.05) is 45.0 Å². The number of carbonyl (C=O) groups is 1. The topological polar surface area (TPSA) is 75.7 Å². The molecule has 2 unspecified atom stereocenters. The summed E-state index contributed by atoms with van der Waals surface area (Å²) in [6, 6.07) is 13.5. The van der Waals surface area contributed by atoms with Crippen LogP contribution in [-0.2, 0) is 20.2 Å². The van der Waals surface area contributed by atoms with Crippen LogP contribution in [0, 0.1) is 0 Å². The van der Waals surface area contributed by atoms with Crippen LogP contribution in [0.4, 0.5) is 5.69 Å². The maximum absolute atomic E-state index is 12.9. The number of benzene rings is 2. The highest BCUT2D eigenvalue weighted by Crippen LogP contribution is 2.26. The number of nitrogens with zero attached hydrogens (tertiary/aromatic N) is 1. The molecule has 1 amide bonds. The molecule has 2 aromatic carbocycles. The Bertz CT molecular complexity index is 962. The average Bonchev–Trinajstić information content (AvgIpc) is 2.66. The Morgan fingerprint density at radius 3 is 1.97 bits per heavy atom. The van der Waals surface area contributed by atoms with E-state index < -0.39 is 16.1 Å². The van der Waals surface area contributed by atoms with Gasteiger partial charge < -0.3 is 10.1 Å². The summed E-state index contributed by atoms with van der Waals surface area (Å²) in [5, 5.41) is 2.93. The fourth-order valence-corrected chi connectivity index (χ4v) is 4.40. The van der Waals surface area contributed by atoms with Crippen molar-refractivity contribution in [3.63, 3.8) is 0 Å². The number of rotatable bonds is 7. The number of nitrogens with one attached hydrogen (secondary N) is 1. The van der Waals surface area contributed by atoms with E-state index in [1.807, 2.05) is 19.1 Å². The number of hydrogen-bond donors (Lipinski definition) is 1. The highest BCUT2D eigenvalue weighted by atomic mass is 32.2. The van der Waals surface area contributed by atoms with Crippen LogP contribution in [0.2, 0.25) is 0 Å². The first-order valence-corrected chi connectivity index (χ1v) is 11.7. The van der Waals surface area contributed by atoms with E-state index in [9.17, 15) is 13.2 Å². The molecular weight excluding hydrogens is 400 g/mol. The van der Waals surface area contributed by atoms with Gasteiger partial charge in [0.25, 0.3) is 0 Å². The second-order valence-corrected chi connectivity index (χ2v) is 10.4. The second-order valence-electron chi connectivity index (χ2n) is 8.54. The molecule has 2 rings (SSSR count). The van der Waals surface area contributed by atoms with E-state index in [-0.39, 0.29) is 17.4 Å². The minimum atomic E-state index is -3.67. The zero-order valence-corrected chi connectivity index (χ0v) is 19.6. The van der Waals surface area contributed by atoms with Crippen LogP contribution in [0.25, 0.3) is 0 Å². The fraction of sp³-hybridized carbons (Fsp3) is 0.435. The first-order chi connectivity index (χ1) is 13.8. The Morgan fingerprint density at radius 1 is 1.00 bits per heavy atom. The minimum Gasteiger partial charge on any atom is -0.497 e. The van der Waals surface area contributed by atoms with Crippen molar-refractivity contribution in [1.82, 2.24) is 5.32 Å². The van der Waals surface area contributed by atoms with E-state index in [2.05, 4.69) is 38.2 Å². The Kier molecular flexibility index (Phi) is 7.18. The van der Waals surface area contributed by atoms with Gasteiger partial charge in [0.15, 0.2) is 0 Å². The number of sulfonamides is 1. The molecule has 7 heteroatoms. The van der Waals surface area contributed by atoms with E-state index in [0.717, 1.165) is 16.1 Å². The van der Waals surface area contributed by atoms with E-state index >= 15 is 0 Å². The smallest absolute Gasteiger partial charge is 0.244 e. The zero-order valence-electron chi connectivity index (χ0n) is 18.8. The lowest BCUT2D eigenvalue weighted by Gasteiger charge is -2.29. The minimum absolute atomic E-state index is 0.0495. The highest BCUT2D eigenvalue weighted by molar-refractivity contribution is 7.92. The van der Waals surface area contributed by atoms with Crippen molar-refractivity contribution in [2.45, 2.75) is 52.1 Å². The summed E-state index contributed by atoms with van der Waals surface area (Å²) in [5.41, 5.74) is 2.62. The van der Waals surface area contributed by atoms with Gasteiger partial charge in [0, 0.05) is 0 Å².